The van der Waals surface area contributed by atoms with Crippen molar-refractivity contribution in [3.8, 4) is 17.2 Å². The summed E-state index contributed by atoms with van der Waals surface area (Å²) in [4.78, 5) is 12.0. The fourth-order valence-corrected chi connectivity index (χ4v) is 3.64. The third kappa shape index (κ3) is 8.91. The van der Waals surface area contributed by atoms with Crippen molar-refractivity contribution in [2.24, 2.45) is 0 Å². The molecule has 0 fully saturated rings. The number of hydrogen-bond donors (Lipinski definition) is 2. The summed E-state index contributed by atoms with van der Waals surface area (Å²) < 4.78 is 50.7. The van der Waals surface area contributed by atoms with Gasteiger partial charge in [0.15, 0.2) is 11.5 Å². The number of hydrogen-bond acceptors (Lipinski definition) is 7. The number of ether oxygens (including phenoxy) is 4. The monoisotopic (exact) mass is 540 g/mol. The zero-order chi connectivity index (χ0) is 28.3. The molecule has 0 saturated carbocycles. The molecule has 3 aromatic rings. The molecule has 0 aliphatic rings. The molecule has 39 heavy (non-hydrogen) atoms. The van der Waals surface area contributed by atoms with Gasteiger partial charge in [-0.25, -0.2) is 4.79 Å². The number of carbonyl (C=O) groups is 1. The molecule has 0 aromatic heterocycles. The number of alkyl halides is 2. The predicted octanol–water partition coefficient (Wildman–Crippen LogP) is 6.36. The number of halogens is 2. The molecule has 0 unspecified atom stereocenters. The fourth-order valence-electron chi connectivity index (χ4n) is 3.64. The number of benzene rings is 3. The smallest absolute Gasteiger partial charge is 0.426 e. The standard InChI is InChI=1S/C30H34F2N2O5/c1-3-4-17-37-27-15-11-23(19-28(27)36-2)30(31,32)39-25-13-7-21(8-14-25)9-16-29(35)38-18-5-6-22-10-12-24(33)20-26(22)34/h7-16,19-20H,3-6,17-18,33-34H2,1-2H3/b16-9+. The number of nitrogen functional groups attached to an aromatic ring is 2. The van der Waals surface area contributed by atoms with Gasteiger partial charge in [-0.1, -0.05) is 31.5 Å². The highest BCUT2D eigenvalue weighted by Gasteiger charge is 2.35. The van der Waals surface area contributed by atoms with E-state index in [1.807, 2.05) is 13.0 Å². The summed E-state index contributed by atoms with van der Waals surface area (Å²) in [5.74, 6) is 0.0485. The molecule has 3 rings (SSSR count). The second-order valence-corrected chi connectivity index (χ2v) is 8.82. The number of esters is 1. The Balaban J connectivity index is 1.50. The van der Waals surface area contributed by atoms with Gasteiger partial charge in [0.05, 0.1) is 25.9 Å². The molecule has 0 radical (unpaired) electrons. The lowest BCUT2D eigenvalue weighted by Crippen LogP contribution is -2.22. The molecule has 0 atom stereocenters. The number of nitrogens with two attached hydrogens (primary N) is 2. The van der Waals surface area contributed by atoms with E-state index in [9.17, 15) is 13.6 Å². The largest absolute Gasteiger partial charge is 0.493 e. The Morgan fingerprint density at radius 1 is 0.949 bits per heavy atom. The molecule has 4 N–H and O–H groups in total. The summed E-state index contributed by atoms with van der Waals surface area (Å²) >= 11 is 0. The minimum atomic E-state index is -3.60. The van der Waals surface area contributed by atoms with Gasteiger partial charge in [-0.05, 0) is 78.9 Å². The first-order valence-corrected chi connectivity index (χ1v) is 12.7. The number of unbranched alkanes of at least 4 members (excludes halogenated alkanes) is 1. The molecule has 0 heterocycles. The van der Waals surface area contributed by atoms with Gasteiger partial charge in [0.1, 0.15) is 5.75 Å². The van der Waals surface area contributed by atoms with Crippen LogP contribution in [0.3, 0.4) is 0 Å². The number of aryl methyl sites for hydroxylation is 1. The lowest BCUT2D eigenvalue weighted by molar-refractivity contribution is -0.185. The highest BCUT2D eigenvalue weighted by atomic mass is 19.3. The van der Waals surface area contributed by atoms with Crippen molar-refractivity contribution in [2.75, 3.05) is 31.8 Å². The lowest BCUT2D eigenvalue weighted by atomic mass is 10.1. The number of rotatable bonds is 14. The van der Waals surface area contributed by atoms with E-state index >= 15 is 0 Å². The summed E-state index contributed by atoms with van der Waals surface area (Å²) in [6, 6.07) is 15.1. The van der Waals surface area contributed by atoms with Crippen LogP contribution in [0.4, 0.5) is 20.2 Å². The molecule has 208 valence electrons. The van der Waals surface area contributed by atoms with Crippen LogP contribution in [0, 0.1) is 0 Å². The van der Waals surface area contributed by atoms with Crippen molar-refractivity contribution in [3.63, 3.8) is 0 Å². The maximum absolute atomic E-state index is 14.8. The Morgan fingerprint density at radius 2 is 1.72 bits per heavy atom. The first kappa shape index (κ1) is 29.3. The average Bonchev–Trinajstić information content (AvgIpc) is 2.91. The number of carbonyl (C=O) groups excluding carboxylic acids is 1. The van der Waals surface area contributed by atoms with Gasteiger partial charge in [-0.2, -0.15) is 8.78 Å². The van der Waals surface area contributed by atoms with Crippen molar-refractivity contribution >= 4 is 23.4 Å². The maximum atomic E-state index is 14.8. The van der Waals surface area contributed by atoms with Crippen LogP contribution < -0.4 is 25.7 Å². The molecule has 0 bridgehead atoms. The van der Waals surface area contributed by atoms with Crippen molar-refractivity contribution in [1.82, 2.24) is 0 Å². The van der Waals surface area contributed by atoms with Gasteiger partial charge in [-0.3, -0.25) is 0 Å². The topological polar surface area (TPSA) is 106 Å². The lowest BCUT2D eigenvalue weighted by Gasteiger charge is -2.20. The van der Waals surface area contributed by atoms with Gasteiger partial charge in [-0.15, -0.1) is 0 Å². The van der Waals surface area contributed by atoms with Crippen LogP contribution in [-0.4, -0.2) is 26.3 Å². The minimum absolute atomic E-state index is 0.0380. The van der Waals surface area contributed by atoms with Crippen molar-refractivity contribution in [3.05, 3.63) is 83.4 Å². The van der Waals surface area contributed by atoms with E-state index in [0.717, 1.165) is 18.4 Å². The van der Waals surface area contributed by atoms with E-state index in [0.29, 0.717) is 42.1 Å². The fraction of sp³-hybridized carbons (Fsp3) is 0.300. The number of anilines is 2. The molecule has 0 amide bonds. The molecule has 9 heteroatoms. The van der Waals surface area contributed by atoms with Crippen LogP contribution in [0.2, 0.25) is 0 Å². The average molecular weight is 541 g/mol. The molecule has 3 aromatic carbocycles. The van der Waals surface area contributed by atoms with E-state index in [4.69, 9.17) is 30.4 Å². The third-order valence-corrected chi connectivity index (χ3v) is 5.80. The number of methoxy groups -OCH3 is 1. The summed E-state index contributed by atoms with van der Waals surface area (Å²) in [5.41, 5.74) is 14.0. The van der Waals surface area contributed by atoms with Crippen LogP contribution in [0.5, 0.6) is 17.2 Å². The molecule has 0 spiro atoms. The third-order valence-electron chi connectivity index (χ3n) is 5.80. The second-order valence-electron chi connectivity index (χ2n) is 8.82. The highest BCUT2D eigenvalue weighted by Crippen LogP contribution is 2.37. The Kier molecular flexibility index (Phi) is 10.5. The van der Waals surface area contributed by atoms with Gasteiger partial charge >= 0.3 is 12.1 Å². The van der Waals surface area contributed by atoms with E-state index in [-0.39, 0.29) is 23.7 Å². The van der Waals surface area contributed by atoms with Gasteiger partial charge in [0.2, 0.25) is 0 Å². The SMILES string of the molecule is CCCCOc1ccc(C(F)(F)Oc2ccc(/C=C/C(=O)OCCCc3ccc(N)cc3N)cc2)cc1OC. The molecule has 0 aliphatic carbocycles. The van der Waals surface area contributed by atoms with Crippen molar-refractivity contribution in [2.45, 2.75) is 38.7 Å². The minimum Gasteiger partial charge on any atom is -0.493 e. The Morgan fingerprint density at radius 3 is 2.41 bits per heavy atom. The van der Waals surface area contributed by atoms with Gasteiger partial charge in [0, 0.05) is 17.5 Å². The summed E-state index contributed by atoms with van der Waals surface area (Å²) in [7, 11) is 1.39. The Hall–Kier alpha value is -4.27. The summed E-state index contributed by atoms with van der Waals surface area (Å²) in [5, 5.41) is 0. The molecular formula is C30H34F2N2O5. The Labute approximate surface area is 227 Å². The molecule has 0 saturated heterocycles. The van der Waals surface area contributed by atoms with Gasteiger partial charge in [0.25, 0.3) is 0 Å². The predicted molar refractivity (Wildman–Crippen MR) is 148 cm³/mol. The maximum Gasteiger partial charge on any atom is 0.426 e. The van der Waals surface area contributed by atoms with E-state index < -0.39 is 12.1 Å². The van der Waals surface area contributed by atoms with Crippen LogP contribution in [0.1, 0.15) is 42.9 Å². The van der Waals surface area contributed by atoms with Gasteiger partial charge < -0.3 is 30.4 Å². The highest BCUT2D eigenvalue weighted by molar-refractivity contribution is 5.87. The normalized spacial score (nSPS) is 11.4. The van der Waals surface area contributed by atoms with Crippen molar-refractivity contribution in [1.29, 1.82) is 0 Å². The van der Waals surface area contributed by atoms with Crippen LogP contribution in [-0.2, 0) is 22.1 Å². The Bertz CT molecular complexity index is 1260. The first-order chi connectivity index (χ1) is 18.7. The van der Waals surface area contributed by atoms with Crippen LogP contribution in [0.15, 0.2) is 66.7 Å². The molecule has 7 nitrogen and oxygen atoms in total. The quantitative estimate of drug-likeness (QED) is 0.106. The zero-order valence-corrected chi connectivity index (χ0v) is 22.1. The summed E-state index contributed by atoms with van der Waals surface area (Å²) in [6.07, 6.45) is 2.26. The van der Waals surface area contributed by atoms with Crippen LogP contribution >= 0.6 is 0 Å². The van der Waals surface area contributed by atoms with E-state index in [1.165, 1.54) is 49.6 Å². The molecule has 0 aliphatic heterocycles. The molecular weight excluding hydrogens is 506 g/mol. The summed E-state index contributed by atoms with van der Waals surface area (Å²) in [6.45, 7) is 2.73. The van der Waals surface area contributed by atoms with Crippen LogP contribution in [0.25, 0.3) is 6.08 Å². The zero-order valence-electron chi connectivity index (χ0n) is 22.1. The van der Waals surface area contributed by atoms with Crippen molar-refractivity contribution < 1.29 is 32.5 Å². The first-order valence-electron chi connectivity index (χ1n) is 12.7. The van der Waals surface area contributed by atoms with E-state index in [2.05, 4.69) is 0 Å². The second kappa shape index (κ2) is 14.0. The van der Waals surface area contributed by atoms with E-state index in [1.54, 1.807) is 24.3 Å².